The molecule has 0 unspecified atom stereocenters. The first-order valence-corrected chi connectivity index (χ1v) is 5.68. The number of ether oxygens (including phenoxy) is 1. The van der Waals surface area contributed by atoms with Crippen LogP contribution in [0.1, 0.15) is 33.6 Å². The minimum atomic E-state index is -0.473. The quantitative estimate of drug-likeness (QED) is 0.708. The van der Waals surface area contributed by atoms with Crippen LogP contribution < -0.4 is 5.32 Å². The summed E-state index contributed by atoms with van der Waals surface area (Å²) in [6.45, 7) is 5.66. The molecule has 0 aromatic heterocycles. The van der Waals surface area contributed by atoms with Crippen LogP contribution in [0.15, 0.2) is 12.2 Å². The Morgan fingerprint density at radius 2 is 2.25 bits per heavy atom. The molecule has 0 bridgehead atoms. The van der Waals surface area contributed by atoms with Crippen molar-refractivity contribution in [3.63, 3.8) is 0 Å². The van der Waals surface area contributed by atoms with E-state index in [9.17, 15) is 4.79 Å². The maximum Gasteiger partial charge on any atom is 0.408 e. The molecular weight excluding hydrogens is 206 g/mol. The highest BCUT2D eigenvalue weighted by molar-refractivity contribution is 5.68. The summed E-state index contributed by atoms with van der Waals surface area (Å²) in [4.78, 5) is 11.5. The topological polar surface area (TPSA) is 58.6 Å². The summed E-state index contributed by atoms with van der Waals surface area (Å²) in [5.41, 5.74) is -0.473. The Labute approximate surface area is 96.7 Å². The van der Waals surface area contributed by atoms with Gasteiger partial charge in [0.2, 0.25) is 0 Å². The molecule has 0 aromatic rings. The second kappa shape index (κ2) is 5.34. The normalized spacial score (nSPS) is 25.2. The van der Waals surface area contributed by atoms with Gasteiger partial charge >= 0.3 is 6.09 Å². The first-order chi connectivity index (χ1) is 7.40. The van der Waals surface area contributed by atoms with E-state index in [1.54, 1.807) is 0 Å². The van der Waals surface area contributed by atoms with Gasteiger partial charge in [-0.05, 0) is 39.5 Å². The number of nitrogens with one attached hydrogen (secondary N) is 1. The van der Waals surface area contributed by atoms with Gasteiger partial charge in [-0.1, -0.05) is 12.2 Å². The third-order valence-corrected chi connectivity index (χ3v) is 2.39. The summed E-state index contributed by atoms with van der Waals surface area (Å²) in [5, 5.41) is 11.8. The summed E-state index contributed by atoms with van der Waals surface area (Å²) < 4.78 is 5.16. The molecule has 0 saturated heterocycles. The van der Waals surface area contributed by atoms with Crippen LogP contribution >= 0.6 is 0 Å². The van der Waals surface area contributed by atoms with E-state index in [1.807, 2.05) is 32.9 Å². The van der Waals surface area contributed by atoms with Crippen molar-refractivity contribution in [3.05, 3.63) is 12.2 Å². The monoisotopic (exact) mass is 227 g/mol. The first-order valence-electron chi connectivity index (χ1n) is 5.68. The largest absolute Gasteiger partial charge is 0.444 e. The number of amides is 1. The maximum absolute atomic E-state index is 11.5. The Bertz CT molecular complexity index is 268. The molecule has 1 rings (SSSR count). The van der Waals surface area contributed by atoms with Crippen molar-refractivity contribution in [1.29, 1.82) is 0 Å². The van der Waals surface area contributed by atoms with Gasteiger partial charge in [-0.25, -0.2) is 4.79 Å². The third kappa shape index (κ3) is 4.66. The van der Waals surface area contributed by atoms with Crippen molar-refractivity contribution in [2.75, 3.05) is 6.61 Å². The molecule has 4 heteroatoms. The highest BCUT2D eigenvalue weighted by atomic mass is 16.6. The zero-order chi connectivity index (χ0) is 12.2. The SMILES string of the molecule is CC(C)(C)OC(=O)N[C@@H]1C=CC[C@@H](CO)C1. The first kappa shape index (κ1) is 13.0. The molecule has 1 aliphatic rings. The summed E-state index contributed by atoms with van der Waals surface area (Å²) in [6, 6.07) is -0.0271. The van der Waals surface area contributed by atoms with E-state index in [-0.39, 0.29) is 18.6 Å². The fraction of sp³-hybridized carbons (Fsp3) is 0.750. The molecule has 0 radical (unpaired) electrons. The number of rotatable bonds is 2. The average Bonchev–Trinajstić information content (AvgIpc) is 2.15. The molecule has 0 saturated carbocycles. The lowest BCUT2D eigenvalue weighted by Gasteiger charge is -2.26. The summed E-state index contributed by atoms with van der Waals surface area (Å²) in [5.74, 6) is 0.241. The van der Waals surface area contributed by atoms with Gasteiger partial charge in [0.05, 0.1) is 6.04 Å². The summed E-state index contributed by atoms with van der Waals surface area (Å²) in [7, 11) is 0. The van der Waals surface area contributed by atoms with E-state index < -0.39 is 11.7 Å². The number of hydrogen-bond acceptors (Lipinski definition) is 3. The number of carbonyl (C=O) groups is 1. The highest BCUT2D eigenvalue weighted by Crippen LogP contribution is 2.18. The number of aliphatic hydroxyl groups is 1. The maximum atomic E-state index is 11.5. The lowest BCUT2D eigenvalue weighted by atomic mass is 9.92. The summed E-state index contributed by atoms with van der Waals surface area (Å²) >= 11 is 0. The molecule has 0 spiro atoms. The predicted octanol–water partition coefficient (Wildman–Crippen LogP) is 1.84. The van der Waals surface area contributed by atoms with Gasteiger partial charge in [0.1, 0.15) is 5.60 Å². The van der Waals surface area contributed by atoms with Crippen LogP contribution in [-0.4, -0.2) is 29.4 Å². The smallest absolute Gasteiger partial charge is 0.408 e. The summed E-state index contributed by atoms with van der Waals surface area (Å²) in [6.07, 6.45) is 5.19. The number of carbonyl (C=O) groups excluding carboxylic acids is 1. The van der Waals surface area contributed by atoms with Crippen molar-refractivity contribution < 1.29 is 14.6 Å². The Balaban J connectivity index is 2.40. The van der Waals surface area contributed by atoms with Crippen LogP contribution in [-0.2, 0) is 4.74 Å². The predicted molar refractivity (Wildman–Crippen MR) is 62.1 cm³/mol. The van der Waals surface area contributed by atoms with E-state index in [2.05, 4.69) is 5.32 Å². The molecule has 16 heavy (non-hydrogen) atoms. The molecule has 0 aromatic carbocycles. The molecular formula is C12H21NO3. The van der Waals surface area contributed by atoms with Crippen molar-refractivity contribution in [2.24, 2.45) is 5.92 Å². The number of alkyl carbamates (subject to hydrolysis) is 1. The molecule has 1 aliphatic carbocycles. The molecule has 0 fully saturated rings. The lowest BCUT2D eigenvalue weighted by Crippen LogP contribution is -2.40. The average molecular weight is 227 g/mol. The van der Waals surface area contributed by atoms with Crippen molar-refractivity contribution >= 4 is 6.09 Å². The van der Waals surface area contributed by atoms with Crippen molar-refractivity contribution in [1.82, 2.24) is 5.32 Å². The fourth-order valence-corrected chi connectivity index (χ4v) is 1.68. The zero-order valence-corrected chi connectivity index (χ0v) is 10.2. The van der Waals surface area contributed by atoms with Crippen LogP contribution in [0.2, 0.25) is 0 Å². The molecule has 0 aliphatic heterocycles. The number of aliphatic hydroxyl groups excluding tert-OH is 1. The van der Waals surface area contributed by atoms with Crippen molar-refractivity contribution in [3.8, 4) is 0 Å². The Morgan fingerprint density at radius 1 is 1.56 bits per heavy atom. The Morgan fingerprint density at radius 3 is 2.81 bits per heavy atom. The molecule has 4 nitrogen and oxygen atoms in total. The minimum Gasteiger partial charge on any atom is -0.444 e. The lowest BCUT2D eigenvalue weighted by molar-refractivity contribution is 0.0503. The van der Waals surface area contributed by atoms with Gasteiger partial charge in [0, 0.05) is 6.61 Å². The second-order valence-corrected chi connectivity index (χ2v) is 5.20. The van der Waals surface area contributed by atoms with Gasteiger partial charge < -0.3 is 15.2 Å². The van der Waals surface area contributed by atoms with Crippen LogP contribution in [0.5, 0.6) is 0 Å². The fourth-order valence-electron chi connectivity index (χ4n) is 1.68. The van der Waals surface area contributed by atoms with Gasteiger partial charge in [-0.3, -0.25) is 0 Å². The van der Waals surface area contributed by atoms with Gasteiger partial charge in [-0.15, -0.1) is 0 Å². The van der Waals surface area contributed by atoms with Crippen molar-refractivity contribution in [2.45, 2.75) is 45.3 Å². The van der Waals surface area contributed by atoms with E-state index in [4.69, 9.17) is 9.84 Å². The standard InChI is InChI=1S/C12H21NO3/c1-12(2,3)16-11(15)13-10-6-4-5-9(7-10)8-14/h4,6,9-10,14H,5,7-8H2,1-3H3,(H,13,15)/t9-,10-/m1/s1. The molecule has 92 valence electrons. The van der Waals surface area contributed by atoms with E-state index in [1.165, 1.54) is 0 Å². The van der Waals surface area contributed by atoms with Crippen LogP contribution in [0.25, 0.3) is 0 Å². The second-order valence-electron chi connectivity index (χ2n) is 5.20. The number of allylic oxidation sites excluding steroid dienone is 1. The Kier molecular flexibility index (Phi) is 4.35. The van der Waals surface area contributed by atoms with Gasteiger partial charge in [0.25, 0.3) is 0 Å². The van der Waals surface area contributed by atoms with Crippen LogP contribution in [0.3, 0.4) is 0 Å². The van der Waals surface area contributed by atoms with Gasteiger partial charge in [-0.2, -0.15) is 0 Å². The number of hydrogen-bond donors (Lipinski definition) is 2. The zero-order valence-electron chi connectivity index (χ0n) is 10.2. The van der Waals surface area contributed by atoms with E-state index in [0.717, 1.165) is 12.8 Å². The molecule has 2 atom stereocenters. The van der Waals surface area contributed by atoms with Crippen LogP contribution in [0.4, 0.5) is 4.79 Å². The molecule has 0 heterocycles. The van der Waals surface area contributed by atoms with Gasteiger partial charge in [0.15, 0.2) is 0 Å². The highest BCUT2D eigenvalue weighted by Gasteiger charge is 2.22. The van der Waals surface area contributed by atoms with E-state index in [0.29, 0.717) is 0 Å². The minimum absolute atomic E-state index is 0.0271. The third-order valence-electron chi connectivity index (χ3n) is 2.39. The molecule has 2 N–H and O–H groups in total. The Hall–Kier alpha value is -1.03. The van der Waals surface area contributed by atoms with E-state index >= 15 is 0 Å². The molecule has 1 amide bonds. The van der Waals surface area contributed by atoms with Crippen LogP contribution in [0, 0.1) is 5.92 Å².